The van der Waals surface area contributed by atoms with E-state index in [1.54, 1.807) is 7.11 Å². The highest BCUT2D eigenvalue weighted by atomic mass is 32.2. The Balaban J connectivity index is 1.88. The van der Waals surface area contributed by atoms with Gasteiger partial charge in [0.05, 0.1) is 13.7 Å². The topological polar surface area (TPSA) is 44.5 Å². The molecule has 1 unspecified atom stereocenters. The first-order chi connectivity index (χ1) is 8.79. The van der Waals surface area contributed by atoms with E-state index in [1.165, 1.54) is 18.6 Å². The molecule has 0 saturated carbocycles. The van der Waals surface area contributed by atoms with E-state index in [2.05, 4.69) is 0 Å². The van der Waals surface area contributed by atoms with Crippen LogP contribution in [0.5, 0.6) is 11.5 Å². The molecule has 1 heterocycles. The van der Waals surface area contributed by atoms with Gasteiger partial charge < -0.3 is 15.2 Å². The molecular weight excluding hydrogens is 246 g/mol. The first-order valence-electron chi connectivity index (χ1n) is 6.39. The van der Waals surface area contributed by atoms with Gasteiger partial charge in [0.2, 0.25) is 0 Å². The summed E-state index contributed by atoms with van der Waals surface area (Å²) in [6.07, 6.45) is 3.49. The van der Waals surface area contributed by atoms with Gasteiger partial charge in [0.1, 0.15) is 0 Å². The van der Waals surface area contributed by atoms with Crippen LogP contribution in [0.3, 0.4) is 0 Å². The van der Waals surface area contributed by atoms with Crippen molar-refractivity contribution in [1.82, 2.24) is 0 Å². The van der Waals surface area contributed by atoms with Crippen LogP contribution >= 0.6 is 11.8 Å². The summed E-state index contributed by atoms with van der Waals surface area (Å²) >= 11 is 2.00. The zero-order chi connectivity index (χ0) is 12.8. The lowest BCUT2D eigenvalue weighted by molar-refractivity contribution is 0.272. The zero-order valence-corrected chi connectivity index (χ0v) is 11.7. The van der Waals surface area contributed by atoms with Gasteiger partial charge in [0.25, 0.3) is 0 Å². The molecule has 4 heteroatoms. The third kappa shape index (κ3) is 3.12. The van der Waals surface area contributed by atoms with E-state index < -0.39 is 0 Å². The Labute approximate surface area is 113 Å². The minimum atomic E-state index is 0.238. The Morgan fingerprint density at radius 1 is 1.33 bits per heavy atom. The lowest BCUT2D eigenvalue weighted by atomic mass is 10.00. The smallest absolute Gasteiger partial charge is 0.161 e. The van der Waals surface area contributed by atoms with Gasteiger partial charge in [-0.25, -0.2) is 0 Å². The van der Waals surface area contributed by atoms with Crippen molar-refractivity contribution < 1.29 is 9.47 Å². The molecule has 3 nitrogen and oxygen atoms in total. The summed E-state index contributed by atoms with van der Waals surface area (Å²) in [5, 5.41) is 0. The maximum Gasteiger partial charge on any atom is 0.161 e. The summed E-state index contributed by atoms with van der Waals surface area (Å²) in [5.41, 5.74) is 5.90. The van der Waals surface area contributed by atoms with Crippen LogP contribution in [0.2, 0.25) is 0 Å². The third-order valence-electron chi connectivity index (χ3n) is 3.44. The lowest BCUT2D eigenvalue weighted by Gasteiger charge is -2.26. The van der Waals surface area contributed by atoms with Crippen molar-refractivity contribution in [2.45, 2.75) is 24.0 Å². The Bertz CT molecular complexity index is 378. The van der Waals surface area contributed by atoms with Crippen LogP contribution in [0.15, 0.2) is 24.3 Å². The summed E-state index contributed by atoms with van der Waals surface area (Å²) in [5.74, 6) is 2.83. The van der Waals surface area contributed by atoms with Gasteiger partial charge in [0, 0.05) is 11.3 Å². The maximum absolute atomic E-state index is 5.90. The highest BCUT2D eigenvalue weighted by Gasteiger charge is 2.33. The molecule has 0 aliphatic carbocycles. The van der Waals surface area contributed by atoms with E-state index in [4.69, 9.17) is 15.2 Å². The SMILES string of the molecule is COc1ccccc1OCCC1(CN)CCCS1. The molecule has 0 aromatic heterocycles. The Morgan fingerprint density at radius 2 is 2.11 bits per heavy atom. The lowest BCUT2D eigenvalue weighted by Crippen LogP contribution is -2.33. The van der Waals surface area contributed by atoms with E-state index in [0.29, 0.717) is 6.61 Å². The second-order valence-electron chi connectivity index (χ2n) is 4.59. The number of nitrogens with two attached hydrogens (primary N) is 1. The quantitative estimate of drug-likeness (QED) is 0.860. The van der Waals surface area contributed by atoms with Crippen molar-refractivity contribution in [1.29, 1.82) is 0 Å². The van der Waals surface area contributed by atoms with E-state index >= 15 is 0 Å². The Kier molecular flexibility index (Phi) is 4.78. The van der Waals surface area contributed by atoms with Gasteiger partial charge in [-0.2, -0.15) is 11.8 Å². The minimum Gasteiger partial charge on any atom is -0.493 e. The van der Waals surface area contributed by atoms with Crippen LogP contribution in [0.1, 0.15) is 19.3 Å². The number of ether oxygens (including phenoxy) is 2. The third-order valence-corrected chi connectivity index (χ3v) is 5.12. The molecule has 2 N–H and O–H groups in total. The van der Waals surface area contributed by atoms with Crippen molar-refractivity contribution in [3.05, 3.63) is 24.3 Å². The number of para-hydroxylation sites is 2. The van der Waals surface area contributed by atoms with Crippen LogP contribution in [0.25, 0.3) is 0 Å². The molecule has 1 aromatic carbocycles. The average molecular weight is 267 g/mol. The van der Waals surface area contributed by atoms with Crippen molar-refractivity contribution in [2.75, 3.05) is 26.0 Å². The summed E-state index contributed by atoms with van der Waals surface area (Å²) in [6.45, 7) is 1.44. The Morgan fingerprint density at radius 3 is 2.72 bits per heavy atom. The molecule has 0 radical (unpaired) electrons. The summed E-state index contributed by atoms with van der Waals surface area (Å²) < 4.78 is 11.3. The van der Waals surface area contributed by atoms with Crippen LogP contribution in [-0.2, 0) is 0 Å². The van der Waals surface area contributed by atoms with E-state index in [9.17, 15) is 0 Å². The molecule has 0 amide bonds. The van der Waals surface area contributed by atoms with Gasteiger partial charge in [-0.05, 0) is 37.1 Å². The summed E-state index contributed by atoms with van der Waals surface area (Å²) in [7, 11) is 1.66. The standard InChI is InChI=1S/C14H21NO2S/c1-16-12-5-2-3-6-13(12)17-9-8-14(11-15)7-4-10-18-14/h2-3,5-6H,4,7-11,15H2,1H3. The highest BCUT2D eigenvalue weighted by molar-refractivity contribution is 8.00. The molecule has 0 bridgehead atoms. The fraction of sp³-hybridized carbons (Fsp3) is 0.571. The number of rotatable bonds is 6. The van der Waals surface area contributed by atoms with Gasteiger partial charge >= 0.3 is 0 Å². The maximum atomic E-state index is 5.90. The molecule has 1 aliphatic heterocycles. The minimum absolute atomic E-state index is 0.238. The summed E-state index contributed by atoms with van der Waals surface area (Å²) in [6, 6.07) is 7.76. The predicted molar refractivity (Wildman–Crippen MR) is 76.6 cm³/mol. The van der Waals surface area contributed by atoms with Crippen LogP contribution < -0.4 is 15.2 Å². The van der Waals surface area contributed by atoms with Gasteiger partial charge in [-0.1, -0.05) is 12.1 Å². The van der Waals surface area contributed by atoms with E-state index in [0.717, 1.165) is 24.5 Å². The normalized spacial score (nSPS) is 23.0. The molecule has 1 atom stereocenters. The van der Waals surface area contributed by atoms with Gasteiger partial charge in [-0.3, -0.25) is 0 Å². The highest BCUT2D eigenvalue weighted by Crippen LogP contribution is 2.40. The fourth-order valence-electron chi connectivity index (χ4n) is 2.30. The van der Waals surface area contributed by atoms with Crippen LogP contribution in [0.4, 0.5) is 0 Å². The number of hydrogen-bond acceptors (Lipinski definition) is 4. The molecule has 1 aromatic rings. The molecule has 2 rings (SSSR count). The first-order valence-corrected chi connectivity index (χ1v) is 7.38. The average Bonchev–Trinajstić information content (AvgIpc) is 2.89. The fourth-order valence-corrected chi connectivity index (χ4v) is 3.66. The van der Waals surface area contributed by atoms with Gasteiger partial charge in [-0.15, -0.1) is 0 Å². The van der Waals surface area contributed by atoms with Gasteiger partial charge in [0.15, 0.2) is 11.5 Å². The molecule has 100 valence electrons. The number of benzene rings is 1. The monoisotopic (exact) mass is 267 g/mol. The number of hydrogen-bond donors (Lipinski definition) is 1. The van der Waals surface area contributed by atoms with Crippen LogP contribution in [-0.4, -0.2) is 30.8 Å². The van der Waals surface area contributed by atoms with Crippen molar-refractivity contribution >= 4 is 11.8 Å². The van der Waals surface area contributed by atoms with Crippen LogP contribution in [0, 0.1) is 0 Å². The first kappa shape index (κ1) is 13.6. The van der Waals surface area contributed by atoms with E-state index in [-0.39, 0.29) is 4.75 Å². The molecule has 1 fully saturated rings. The largest absolute Gasteiger partial charge is 0.493 e. The molecule has 1 aliphatic rings. The molecule has 18 heavy (non-hydrogen) atoms. The summed E-state index contributed by atoms with van der Waals surface area (Å²) in [4.78, 5) is 0. The number of thioether (sulfide) groups is 1. The molecule has 1 saturated heterocycles. The second-order valence-corrected chi connectivity index (χ2v) is 6.15. The predicted octanol–water partition coefficient (Wildman–Crippen LogP) is 2.69. The second kappa shape index (κ2) is 6.34. The van der Waals surface area contributed by atoms with E-state index in [1.807, 2.05) is 36.0 Å². The molecule has 0 spiro atoms. The van der Waals surface area contributed by atoms with Crippen molar-refractivity contribution in [3.63, 3.8) is 0 Å². The Hall–Kier alpha value is -0.870. The van der Waals surface area contributed by atoms with Crippen molar-refractivity contribution in [2.24, 2.45) is 5.73 Å². The zero-order valence-electron chi connectivity index (χ0n) is 10.9. The van der Waals surface area contributed by atoms with Crippen molar-refractivity contribution in [3.8, 4) is 11.5 Å². The number of methoxy groups -OCH3 is 1. The molecular formula is C14H21NO2S.